The molecule has 0 radical (unpaired) electrons. The van der Waals surface area contributed by atoms with E-state index in [1.165, 1.54) is 19.3 Å². The summed E-state index contributed by atoms with van der Waals surface area (Å²) in [4.78, 5) is 0. The highest BCUT2D eigenvalue weighted by Crippen LogP contribution is 2.11. The summed E-state index contributed by atoms with van der Waals surface area (Å²) in [6, 6.07) is 0.608. The summed E-state index contributed by atoms with van der Waals surface area (Å²) >= 11 is 0. The quantitative estimate of drug-likeness (QED) is 0.628. The van der Waals surface area contributed by atoms with E-state index >= 15 is 0 Å². The molecule has 0 saturated carbocycles. The molecule has 1 heterocycles. The van der Waals surface area contributed by atoms with Gasteiger partial charge in [0.25, 0.3) is 0 Å². The second-order valence-electron chi connectivity index (χ2n) is 4.75. The maximum atomic E-state index is 5.44. The Balaban J connectivity index is 1.83. The van der Waals surface area contributed by atoms with Crippen LogP contribution in [0.4, 0.5) is 0 Å². The molecule has 1 rings (SSSR count). The van der Waals surface area contributed by atoms with Crippen LogP contribution in [-0.2, 0) is 4.74 Å². The SMILES string of the molecule is CC(C)NCCCNCC1CCCOC1. The first-order valence-corrected chi connectivity index (χ1v) is 6.31. The minimum atomic E-state index is 0.608. The van der Waals surface area contributed by atoms with Gasteiger partial charge in [0.1, 0.15) is 0 Å². The van der Waals surface area contributed by atoms with Crippen molar-refractivity contribution in [2.24, 2.45) is 5.92 Å². The largest absolute Gasteiger partial charge is 0.381 e. The Kier molecular flexibility index (Phi) is 6.98. The molecule has 3 heteroatoms. The van der Waals surface area contributed by atoms with Gasteiger partial charge >= 0.3 is 0 Å². The fourth-order valence-corrected chi connectivity index (χ4v) is 1.88. The van der Waals surface area contributed by atoms with Gasteiger partial charge < -0.3 is 15.4 Å². The molecule has 1 atom stereocenters. The summed E-state index contributed by atoms with van der Waals surface area (Å²) in [5.41, 5.74) is 0. The zero-order valence-corrected chi connectivity index (χ0v) is 10.2. The third kappa shape index (κ3) is 6.88. The van der Waals surface area contributed by atoms with Crippen molar-refractivity contribution in [1.82, 2.24) is 10.6 Å². The fourth-order valence-electron chi connectivity index (χ4n) is 1.88. The number of hydrogen-bond acceptors (Lipinski definition) is 3. The van der Waals surface area contributed by atoms with E-state index in [9.17, 15) is 0 Å². The van der Waals surface area contributed by atoms with Gasteiger partial charge in [-0.3, -0.25) is 0 Å². The highest BCUT2D eigenvalue weighted by molar-refractivity contribution is 4.66. The second-order valence-corrected chi connectivity index (χ2v) is 4.75. The molecule has 90 valence electrons. The van der Waals surface area contributed by atoms with Crippen LogP contribution in [0, 0.1) is 5.92 Å². The van der Waals surface area contributed by atoms with Gasteiger partial charge in [-0.1, -0.05) is 13.8 Å². The minimum Gasteiger partial charge on any atom is -0.381 e. The Morgan fingerprint density at radius 3 is 2.87 bits per heavy atom. The van der Waals surface area contributed by atoms with E-state index < -0.39 is 0 Å². The third-order valence-electron chi connectivity index (χ3n) is 2.77. The van der Waals surface area contributed by atoms with Crippen LogP contribution >= 0.6 is 0 Å². The normalized spacial score (nSPS) is 22.2. The average molecular weight is 214 g/mol. The van der Waals surface area contributed by atoms with E-state index in [2.05, 4.69) is 24.5 Å². The van der Waals surface area contributed by atoms with Crippen molar-refractivity contribution < 1.29 is 4.74 Å². The van der Waals surface area contributed by atoms with Crippen LogP contribution in [0.15, 0.2) is 0 Å². The number of ether oxygens (including phenoxy) is 1. The lowest BCUT2D eigenvalue weighted by Gasteiger charge is -2.22. The third-order valence-corrected chi connectivity index (χ3v) is 2.77. The summed E-state index contributed by atoms with van der Waals surface area (Å²) in [7, 11) is 0. The van der Waals surface area contributed by atoms with Crippen molar-refractivity contribution in [3.05, 3.63) is 0 Å². The van der Waals surface area contributed by atoms with Crippen LogP contribution < -0.4 is 10.6 Å². The Labute approximate surface area is 94.0 Å². The summed E-state index contributed by atoms with van der Waals surface area (Å²) in [6.45, 7) is 9.66. The van der Waals surface area contributed by atoms with E-state index in [4.69, 9.17) is 4.74 Å². The molecule has 0 bridgehead atoms. The summed E-state index contributed by atoms with van der Waals surface area (Å²) < 4.78 is 5.44. The molecule has 0 amide bonds. The van der Waals surface area contributed by atoms with E-state index in [1.54, 1.807) is 0 Å². The fraction of sp³-hybridized carbons (Fsp3) is 1.00. The molecule has 0 aromatic rings. The van der Waals surface area contributed by atoms with E-state index in [1.807, 2.05) is 0 Å². The van der Waals surface area contributed by atoms with Crippen molar-refractivity contribution in [2.45, 2.75) is 39.2 Å². The topological polar surface area (TPSA) is 33.3 Å². The van der Waals surface area contributed by atoms with E-state index in [0.29, 0.717) is 6.04 Å². The Morgan fingerprint density at radius 1 is 1.33 bits per heavy atom. The molecule has 0 aromatic carbocycles. The molecule has 0 aromatic heterocycles. The van der Waals surface area contributed by atoms with Crippen molar-refractivity contribution in [2.75, 3.05) is 32.8 Å². The molecule has 15 heavy (non-hydrogen) atoms. The zero-order chi connectivity index (χ0) is 10.9. The molecule has 3 nitrogen and oxygen atoms in total. The molecule has 1 fully saturated rings. The Hall–Kier alpha value is -0.120. The Bertz CT molecular complexity index is 145. The van der Waals surface area contributed by atoms with Gasteiger partial charge in [-0.2, -0.15) is 0 Å². The highest BCUT2D eigenvalue weighted by Gasteiger charge is 2.12. The average Bonchev–Trinajstić information content (AvgIpc) is 2.24. The Morgan fingerprint density at radius 2 is 2.20 bits per heavy atom. The molecule has 1 aliphatic heterocycles. The van der Waals surface area contributed by atoms with E-state index in [-0.39, 0.29) is 0 Å². The first-order valence-electron chi connectivity index (χ1n) is 6.31. The van der Waals surface area contributed by atoms with Gasteiger partial charge in [0.15, 0.2) is 0 Å². The molecule has 1 aliphatic rings. The smallest absolute Gasteiger partial charge is 0.0506 e. The zero-order valence-electron chi connectivity index (χ0n) is 10.2. The summed E-state index contributed by atoms with van der Waals surface area (Å²) in [5.74, 6) is 0.747. The minimum absolute atomic E-state index is 0.608. The first kappa shape index (κ1) is 12.9. The van der Waals surface area contributed by atoms with E-state index in [0.717, 1.165) is 38.8 Å². The van der Waals surface area contributed by atoms with Gasteiger partial charge in [-0.05, 0) is 38.3 Å². The van der Waals surface area contributed by atoms with Gasteiger partial charge in [0, 0.05) is 19.2 Å². The van der Waals surface area contributed by atoms with Crippen LogP contribution in [0.1, 0.15) is 33.1 Å². The van der Waals surface area contributed by atoms with Crippen molar-refractivity contribution >= 4 is 0 Å². The second kappa shape index (κ2) is 8.08. The number of rotatable bonds is 7. The van der Waals surface area contributed by atoms with Crippen LogP contribution in [0.3, 0.4) is 0 Å². The summed E-state index contributed by atoms with van der Waals surface area (Å²) in [5, 5.41) is 6.93. The number of nitrogens with one attached hydrogen (secondary N) is 2. The molecule has 1 saturated heterocycles. The predicted octanol–water partition coefficient (Wildman–Crippen LogP) is 1.39. The monoisotopic (exact) mass is 214 g/mol. The van der Waals surface area contributed by atoms with Crippen LogP contribution in [0.2, 0.25) is 0 Å². The highest BCUT2D eigenvalue weighted by atomic mass is 16.5. The van der Waals surface area contributed by atoms with Crippen molar-refractivity contribution in [1.29, 1.82) is 0 Å². The van der Waals surface area contributed by atoms with Gasteiger partial charge in [-0.15, -0.1) is 0 Å². The lowest BCUT2D eigenvalue weighted by atomic mass is 10.0. The number of hydrogen-bond donors (Lipinski definition) is 2. The molecule has 0 spiro atoms. The summed E-state index contributed by atoms with van der Waals surface area (Å²) in [6.07, 6.45) is 3.78. The van der Waals surface area contributed by atoms with Crippen LogP contribution in [-0.4, -0.2) is 38.9 Å². The molecule has 2 N–H and O–H groups in total. The van der Waals surface area contributed by atoms with Gasteiger partial charge in [0.05, 0.1) is 6.61 Å². The maximum absolute atomic E-state index is 5.44. The lowest BCUT2D eigenvalue weighted by Crippen LogP contribution is -2.31. The van der Waals surface area contributed by atoms with Crippen LogP contribution in [0.5, 0.6) is 0 Å². The molecule has 1 unspecified atom stereocenters. The predicted molar refractivity (Wildman–Crippen MR) is 64.2 cm³/mol. The van der Waals surface area contributed by atoms with Gasteiger partial charge in [-0.25, -0.2) is 0 Å². The first-order chi connectivity index (χ1) is 7.29. The lowest BCUT2D eigenvalue weighted by molar-refractivity contribution is 0.0549. The molecular weight excluding hydrogens is 188 g/mol. The maximum Gasteiger partial charge on any atom is 0.0506 e. The van der Waals surface area contributed by atoms with Crippen molar-refractivity contribution in [3.8, 4) is 0 Å². The standard InChI is InChI=1S/C12H26N2O/c1-11(2)14-7-4-6-13-9-12-5-3-8-15-10-12/h11-14H,3-10H2,1-2H3. The molecular formula is C12H26N2O. The van der Waals surface area contributed by atoms with Crippen LogP contribution in [0.25, 0.3) is 0 Å². The molecule has 0 aliphatic carbocycles. The van der Waals surface area contributed by atoms with Gasteiger partial charge in [0.2, 0.25) is 0 Å². The van der Waals surface area contributed by atoms with Crippen molar-refractivity contribution in [3.63, 3.8) is 0 Å².